The van der Waals surface area contributed by atoms with Crippen molar-refractivity contribution in [2.45, 2.75) is 44.6 Å². The molecule has 2 amide bonds. The molecular formula is C20H28N2O3S. The number of carbonyl (C=O) groups is 2. The number of nitrogens with one attached hydrogen (secondary N) is 1. The zero-order valence-electron chi connectivity index (χ0n) is 16.0. The van der Waals surface area contributed by atoms with E-state index in [0.29, 0.717) is 25.4 Å². The van der Waals surface area contributed by atoms with Gasteiger partial charge < -0.3 is 15.0 Å². The fourth-order valence-electron chi connectivity index (χ4n) is 2.49. The second-order valence-electron chi connectivity index (χ2n) is 7.37. The Morgan fingerprint density at radius 1 is 1.27 bits per heavy atom. The predicted molar refractivity (Wildman–Crippen MR) is 105 cm³/mol. The molecule has 26 heavy (non-hydrogen) atoms. The average molecular weight is 377 g/mol. The van der Waals surface area contributed by atoms with E-state index in [9.17, 15) is 9.59 Å². The Balaban J connectivity index is 1.72. The van der Waals surface area contributed by atoms with Gasteiger partial charge in [-0.15, -0.1) is 11.8 Å². The number of ether oxygens (including phenoxy) is 1. The number of aryl methyl sites for hydroxylation is 1. The molecule has 1 N–H and O–H groups in total. The largest absolute Gasteiger partial charge is 0.444 e. The van der Waals surface area contributed by atoms with Gasteiger partial charge in [0.15, 0.2) is 0 Å². The van der Waals surface area contributed by atoms with Crippen molar-refractivity contribution in [1.29, 1.82) is 0 Å². The molecule has 1 aromatic carbocycles. The summed E-state index contributed by atoms with van der Waals surface area (Å²) < 4.78 is 5.38. The maximum atomic E-state index is 12.1. The van der Waals surface area contributed by atoms with Gasteiger partial charge in [-0.2, -0.15) is 0 Å². The van der Waals surface area contributed by atoms with Crippen LogP contribution in [0.4, 0.5) is 4.79 Å². The minimum Gasteiger partial charge on any atom is -0.444 e. The fourth-order valence-corrected chi connectivity index (χ4v) is 3.35. The summed E-state index contributed by atoms with van der Waals surface area (Å²) in [6.07, 6.45) is 2.47. The zero-order chi connectivity index (χ0) is 19.2. The van der Waals surface area contributed by atoms with Gasteiger partial charge in [0.2, 0.25) is 5.91 Å². The van der Waals surface area contributed by atoms with Crippen LogP contribution >= 0.6 is 11.8 Å². The first-order valence-electron chi connectivity index (χ1n) is 8.85. The van der Waals surface area contributed by atoms with Gasteiger partial charge in [-0.25, -0.2) is 4.79 Å². The lowest BCUT2D eigenvalue weighted by Gasteiger charge is -2.29. The Labute approximate surface area is 160 Å². The minimum atomic E-state index is -0.482. The van der Waals surface area contributed by atoms with Crippen molar-refractivity contribution in [2.75, 3.05) is 25.4 Å². The molecule has 2 rings (SSSR count). The molecule has 142 valence electrons. The van der Waals surface area contributed by atoms with Gasteiger partial charge in [-0.1, -0.05) is 29.8 Å². The third kappa shape index (κ3) is 6.75. The third-order valence-corrected chi connectivity index (χ3v) is 5.10. The standard InChI is InChI=1S/C20H28N2O3S/c1-15-7-5-6-8-17(15)26-14-18(23)21-13-16-9-11-22(12-10-16)19(24)25-20(2,3)4/h5-9H,10-14H2,1-4H3,(H,21,23). The molecule has 1 aliphatic heterocycles. The topological polar surface area (TPSA) is 58.6 Å². The van der Waals surface area contributed by atoms with Crippen molar-refractivity contribution in [2.24, 2.45) is 0 Å². The predicted octanol–water partition coefficient (Wildman–Crippen LogP) is 3.77. The van der Waals surface area contributed by atoms with Gasteiger partial charge in [0.25, 0.3) is 0 Å². The summed E-state index contributed by atoms with van der Waals surface area (Å²) in [7, 11) is 0. The van der Waals surface area contributed by atoms with Crippen LogP contribution in [0.5, 0.6) is 0 Å². The quantitative estimate of drug-likeness (QED) is 0.628. The Morgan fingerprint density at radius 3 is 2.62 bits per heavy atom. The van der Waals surface area contributed by atoms with Gasteiger partial charge >= 0.3 is 6.09 Å². The van der Waals surface area contributed by atoms with E-state index in [0.717, 1.165) is 16.9 Å². The van der Waals surface area contributed by atoms with Crippen LogP contribution < -0.4 is 5.32 Å². The van der Waals surface area contributed by atoms with Crippen LogP contribution in [-0.4, -0.2) is 47.9 Å². The summed E-state index contributed by atoms with van der Waals surface area (Å²) >= 11 is 1.55. The number of carbonyl (C=O) groups excluding carboxylic acids is 2. The molecule has 1 heterocycles. The highest BCUT2D eigenvalue weighted by atomic mass is 32.2. The molecule has 0 aliphatic carbocycles. The monoisotopic (exact) mass is 376 g/mol. The zero-order valence-corrected chi connectivity index (χ0v) is 16.8. The normalized spacial score (nSPS) is 14.6. The summed E-state index contributed by atoms with van der Waals surface area (Å²) in [6.45, 7) is 9.31. The second-order valence-corrected chi connectivity index (χ2v) is 8.39. The van der Waals surface area contributed by atoms with Crippen molar-refractivity contribution in [3.8, 4) is 0 Å². The molecule has 6 heteroatoms. The molecule has 1 aliphatic rings. The summed E-state index contributed by atoms with van der Waals surface area (Å²) in [5, 5.41) is 2.96. The second kappa shape index (κ2) is 9.12. The molecule has 0 saturated carbocycles. The fraction of sp³-hybridized carbons (Fsp3) is 0.500. The maximum Gasteiger partial charge on any atom is 0.410 e. The first kappa shape index (κ1) is 20.4. The lowest BCUT2D eigenvalue weighted by molar-refractivity contribution is -0.118. The molecule has 0 atom stereocenters. The highest BCUT2D eigenvalue weighted by Gasteiger charge is 2.23. The van der Waals surface area contributed by atoms with Crippen molar-refractivity contribution < 1.29 is 14.3 Å². The Morgan fingerprint density at radius 2 is 2.00 bits per heavy atom. The molecular weight excluding hydrogens is 348 g/mol. The molecule has 0 radical (unpaired) electrons. The number of hydrogen-bond donors (Lipinski definition) is 1. The van der Waals surface area contributed by atoms with Crippen molar-refractivity contribution in [3.05, 3.63) is 41.5 Å². The molecule has 5 nitrogen and oxygen atoms in total. The van der Waals surface area contributed by atoms with Crippen molar-refractivity contribution in [3.63, 3.8) is 0 Å². The van der Waals surface area contributed by atoms with Crippen molar-refractivity contribution >= 4 is 23.8 Å². The molecule has 0 unspecified atom stereocenters. The van der Waals surface area contributed by atoms with E-state index >= 15 is 0 Å². The number of hydrogen-bond acceptors (Lipinski definition) is 4. The number of benzene rings is 1. The van der Waals surface area contributed by atoms with E-state index in [1.807, 2.05) is 58.0 Å². The Bertz CT molecular complexity index is 680. The Kier molecular flexibility index (Phi) is 7.14. The number of rotatable bonds is 5. The van der Waals surface area contributed by atoms with Crippen LogP contribution in [0.1, 0.15) is 32.8 Å². The van der Waals surface area contributed by atoms with E-state index in [1.165, 1.54) is 5.56 Å². The van der Waals surface area contributed by atoms with Gasteiger partial charge in [0.1, 0.15) is 5.60 Å². The van der Waals surface area contributed by atoms with Crippen LogP contribution in [0.3, 0.4) is 0 Å². The van der Waals surface area contributed by atoms with E-state index in [4.69, 9.17) is 4.74 Å². The van der Waals surface area contributed by atoms with Crippen LogP contribution in [0, 0.1) is 6.92 Å². The van der Waals surface area contributed by atoms with Crippen LogP contribution in [0.2, 0.25) is 0 Å². The van der Waals surface area contributed by atoms with E-state index in [-0.39, 0.29) is 12.0 Å². The van der Waals surface area contributed by atoms with E-state index in [2.05, 4.69) is 5.32 Å². The number of amides is 2. The van der Waals surface area contributed by atoms with E-state index in [1.54, 1.807) is 16.7 Å². The summed E-state index contributed by atoms with van der Waals surface area (Å²) in [6, 6.07) is 8.05. The molecule has 0 fully saturated rings. The van der Waals surface area contributed by atoms with Gasteiger partial charge in [-0.05, 0) is 45.7 Å². The van der Waals surface area contributed by atoms with Gasteiger partial charge in [0.05, 0.1) is 5.75 Å². The lowest BCUT2D eigenvalue weighted by Crippen LogP contribution is -2.40. The molecule has 0 bridgehead atoms. The van der Waals surface area contributed by atoms with Gasteiger partial charge in [-0.3, -0.25) is 4.79 Å². The number of nitrogens with zero attached hydrogens (tertiary/aromatic N) is 1. The lowest BCUT2D eigenvalue weighted by atomic mass is 10.1. The first-order chi connectivity index (χ1) is 12.2. The summed E-state index contributed by atoms with van der Waals surface area (Å²) in [5.74, 6) is 0.427. The molecule has 0 spiro atoms. The van der Waals surface area contributed by atoms with Crippen molar-refractivity contribution in [1.82, 2.24) is 10.2 Å². The minimum absolute atomic E-state index is 0.0220. The Hall–Kier alpha value is -1.95. The molecule has 0 saturated heterocycles. The highest BCUT2D eigenvalue weighted by molar-refractivity contribution is 8.00. The maximum absolute atomic E-state index is 12.1. The SMILES string of the molecule is Cc1ccccc1SCC(=O)NCC1=CCN(C(=O)OC(C)(C)C)CC1. The number of thioether (sulfide) groups is 1. The smallest absolute Gasteiger partial charge is 0.410 e. The summed E-state index contributed by atoms with van der Waals surface area (Å²) in [4.78, 5) is 26.9. The van der Waals surface area contributed by atoms with Crippen LogP contribution in [-0.2, 0) is 9.53 Å². The average Bonchev–Trinajstić information content (AvgIpc) is 2.58. The third-order valence-electron chi connectivity index (χ3n) is 3.92. The van der Waals surface area contributed by atoms with E-state index < -0.39 is 5.60 Å². The highest BCUT2D eigenvalue weighted by Crippen LogP contribution is 2.21. The first-order valence-corrected chi connectivity index (χ1v) is 9.84. The molecule has 1 aromatic rings. The molecule has 0 aromatic heterocycles. The van der Waals surface area contributed by atoms with Crippen LogP contribution in [0.25, 0.3) is 0 Å². The summed E-state index contributed by atoms with van der Waals surface area (Å²) in [5.41, 5.74) is 1.85. The van der Waals surface area contributed by atoms with Crippen LogP contribution in [0.15, 0.2) is 40.8 Å². The van der Waals surface area contributed by atoms with Gasteiger partial charge in [0, 0.05) is 24.5 Å².